The Bertz CT molecular complexity index is 1340. The van der Waals surface area contributed by atoms with Gasteiger partial charge in [-0.3, -0.25) is 30.1 Å². The number of fused-ring (bicyclic) bond motifs is 2. The highest BCUT2D eigenvalue weighted by molar-refractivity contribution is 6.02. The van der Waals surface area contributed by atoms with Gasteiger partial charge in [0.1, 0.15) is 6.04 Å². The third-order valence-corrected chi connectivity index (χ3v) is 10.1. The SMILES string of the molecule is N=C1N[C@H]2[C@H](CN3C(=O)CCC3=O)NC(=N)N3CC(NC(=O)c4cccc5c4CCCC54CCC4)C(O)(O)C23N1. The quantitative estimate of drug-likeness (QED) is 0.168. The van der Waals surface area contributed by atoms with Gasteiger partial charge in [-0.1, -0.05) is 18.6 Å². The summed E-state index contributed by atoms with van der Waals surface area (Å²) in [6.45, 7) is -0.219. The first-order valence-corrected chi connectivity index (χ1v) is 14.0. The molecule has 13 nitrogen and oxygen atoms in total. The molecule has 6 aliphatic rings. The maximum atomic E-state index is 13.7. The van der Waals surface area contributed by atoms with E-state index in [-0.39, 0.29) is 55.1 Å². The van der Waals surface area contributed by atoms with Gasteiger partial charge in [0.15, 0.2) is 17.6 Å². The van der Waals surface area contributed by atoms with Crippen LogP contribution in [-0.4, -0.2) is 92.3 Å². The van der Waals surface area contributed by atoms with E-state index in [1.165, 1.54) is 16.9 Å². The Kier molecular flexibility index (Phi) is 5.31. The first-order valence-electron chi connectivity index (χ1n) is 14.0. The van der Waals surface area contributed by atoms with Gasteiger partial charge in [-0.05, 0) is 54.7 Å². The van der Waals surface area contributed by atoms with E-state index in [0.717, 1.165) is 42.6 Å². The van der Waals surface area contributed by atoms with Gasteiger partial charge in [0.2, 0.25) is 17.6 Å². The highest BCUT2D eigenvalue weighted by Crippen LogP contribution is 2.51. The summed E-state index contributed by atoms with van der Waals surface area (Å²) in [5, 5.41) is 52.0. The maximum absolute atomic E-state index is 13.7. The van der Waals surface area contributed by atoms with Gasteiger partial charge < -0.3 is 36.4 Å². The highest BCUT2D eigenvalue weighted by Gasteiger charge is 2.74. The fourth-order valence-electron chi connectivity index (χ4n) is 8.02. The number of amides is 3. The Hall–Kier alpha value is -3.71. The minimum Gasteiger partial charge on any atom is -0.361 e. The summed E-state index contributed by atoms with van der Waals surface area (Å²) in [4.78, 5) is 40.8. The number of carbonyl (C=O) groups excluding carboxylic acids is 3. The zero-order valence-corrected chi connectivity index (χ0v) is 22.0. The van der Waals surface area contributed by atoms with E-state index in [9.17, 15) is 24.6 Å². The number of carbonyl (C=O) groups is 3. The van der Waals surface area contributed by atoms with Gasteiger partial charge in [0, 0.05) is 24.9 Å². The predicted molar refractivity (Wildman–Crippen MR) is 141 cm³/mol. The predicted octanol–water partition coefficient (Wildman–Crippen LogP) is -1.21. The summed E-state index contributed by atoms with van der Waals surface area (Å²) in [6, 6.07) is 2.87. The molecule has 3 amide bonds. The molecule has 1 aromatic carbocycles. The topological polar surface area (TPSA) is 194 Å². The van der Waals surface area contributed by atoms with Crippen molar-refractivity contribution < 1.29 is 24.6 Å². The number of imide groups is 1. The highest BCUT2D eigenvalue weighted by atomic mass is 16.5. The van der Waals surface area contributed by atoms with E-state index in [0.29, 0.717) is 5.56 Å². The van der Waals surface area contributed by atoms with Crippen LogP contribution in [0.5, 0.6) is 0 Å². The molecule has 0 bridgehead atoms. The summed E-state index contributed by atoms with van der Waals surface area (Å²) in [5.41, 5.74) is 1.13. The lowest BCUT2D eigenvalue weighted by Crippen LogP contribution is -2.81. The van der Waals surface area contributed by atoms with Crippen molar-refractivity contribution in [1.82, 2.24) is 31.1 Å². The first-order chi connectivity index (χ1) is 19.1. The third-order valence-electron chi connectivity index (χ3n) is 10.1. The van der Waals surface area contributed by atoms with Crippen LogP contribution >= 0.6 is 0 Å². The Balaban J connectivity index is 1.19. The van der Waals surface area contributed by atoms with Crippen LogP contribution in [0, 0.1) is 10.8 Å². The van der Waals surface area contributed by atoms with Gasteiger partial charge in [-0.15, -0.1) is 0 Å². The molecule has 2 unspecified atom stereocenters. The molecule has 212 valence electrons. The van der Waals surface area contributed by atoms with Crippen molar-refractivity contribution in [2.24, 2.45) is 0 Å². The molecule has 5 fully saturated rings. The van der Waals surface area contributed by atoms with Crippen LogP contribution < -0.4 is 21.3 Å². The number of nitrogens with one attached hydrogen (secondary N) is 6. The molecule has 40 heavy (non-hydrogen) atoms. The van der Waals surface area contributed by atoms with E-state index >= 15 is 0 Å². The van der Waals surface area contributed by atoms with Crippen LogP contribution in [0.2, 0.25) is 0 Å². The Morgan fingerprint density at radius 2 is 1.77 bits per heavy atom. The second-order valence-corrected chi connectivity index (χ2v) is 12.1. The summed E-state index contributed by atoms with van der Waals surface area (Å²) in [5.74, 6) is -4.07. The van der Waals surface area contributed by atoms with Crippen molar-refractivity contribution in [3.8, 4) is 0 Å². The number of hydrogen-bond acceptors (Lipinski definition) is 7. The molecule has 1 saturated carbocycles. The van der Waals surface area contributed by atoms with E-state index in [2.05, 4.69) is 27.3 Å². The number of rotatable bonds is 4. The van der Waals surface area contributed by atoms with Gasteiger partial charge >= 0.3 is 0 Å². The smallest absolute Gasteiger partial charge is 0.252 e. The Morgan fingerprint density at radius 1 is 1.05 bits per heavy atom. The summed E-state index contributed by atoms with van der Waals surface area (Å²) in [7, 11) is 0. The van der Waals surface area contributed by atoms with E-state index in [1.807, 2.05) is 6.07 Å². The van der Waals surface area contributed by atoms with Crippen LogP contribution in [0.25, 0.3) is 0 Å². The number of aliphatic hydroxyl groups is 2. The molecule has 2 spiro atoms. The van der Waals surface area contributed by atoms with Crippen LogP contribution in [-0.2, 0) is 21.4 Å². The molecule has 2 aliphatic carbocycles. The van der Waals surface area contributed by atoms with Crippen molar-refractivity contribution in [2.75, 3.05) is 13.1 Å². The van der Waals surface area contributed by atoms with Crippen LogP contribution in [0.1, 0.15) is 66.4 Å². The van der Waals surface area contributed by atoms with Gasteiger partial charge in [-0.25, -0.2) is 0 Å². The monoisotopic (exact) mass is 550 g/mol. The number of benzene rings is 1. The zero-order chi connectivity index (χ0) is 28.0. The molecule has 4 heterocycles. The summed E-state index contributed by atoms with van der Waals surface area (Å²) >= 11 is 0. The van der Waals surface area contributed by atoms with Crippen molar-refractivity contribution in [3.63, 3.8) is 0 Å². The van der Waals surface area contributed by atoms with Crippen LogP contribution in [0.3, 0.4) is 0 Å². The summed E-state index contributed by atoms with van der Waals surface area (Å²) in [6.07, 6.45) is 6.57. The Labute approximate surface area is 230 Å². The molecule has 7 rings (SSSR count). The minimum absolute atomic E-state index is 0.104. The molecule has 0 aromatic heterocycles. The van der Waals surface area contributed by atoms with Crippen LogP contribution in [0.15, 0.2) is 18.2 Å². The summed E-state index contributed by atoms with van der Waals surface area (Å²) < 4.78 is 0. The number of nitrogens with zero attached hydrogens (tertiary/aromatic N) is 2. The lowest BCUT2D eigenvalue weighted by Gasteiger charge is -2.51. The average molecular weight is 551 g/mol. The van der Waals surface area contributed by atoms with E-state index in [4.69, 9.17) is 10.8 Å². The third kappa shape index (κ3) is 3.24. The van der Waals surface area contributed by atoms with Gasteiger partial charge in [0.25, 0.3) is 5.91 Å². The molecule has 0 radical (unpaired) electrons. The molecular weight excluding hydrogens is 516 g/mol. The average Bonchev–Trinajstić information content (AvgIpc) is 3.49. The van der Waals surface area contributed by atoms with Gasteiger partial charge in [-0.2, -0.15) is 0 Å². The van der Waals surface area contributed by atoms with Crippen molar-refractivity contribution >= 4 is 29.6 Å². The standard InChI is InChI=1S/C27H34N8O5/c28-23-32-21-17(12-34-19(36)7-8-20(34)37)30-24(29)35-13-18(27(39,40)26(21,35)33-23)31-22(38)15-4-1-6-16-14(15)5-2-9-25(16)10-3-11-25/h1,4,6,17-18,21,39-40H,2-3,5,7-13H2,(H2,29,30)(H,31,38)(H3,28,32,33)/t17-,18?,21-,26?/m0/s1. The minimum atomic E-state index is -2.63. The largest absolute Gasteiger partial charge is 0.361 e. The number of likely N-dealkylation sites (tertiary alicyclic amines) is 1. The lowest BCUT2D eigenvalue weighted by molar-refractivity contribution is -0.232. The van der Waals surface area contributed by atoms with Gasteiger partial charge in [0.05, 0.1) is 18.6 Å². The molecule has 13 heteroatoms. The Morgan fingerprint density at radius 3 is 2.48 bits per heavy atom. The van der Waals surface area contributed by atoms with Crippen molar-refractivity contribution in [1.29, 1.82) is 10.8 Å². The molecular formula is C27H34N8O5. The zero-order valence-electron chi connectivity index (χ0n) is 22.0. The lowest BCUT2D eigenvalue weighted by atomic mass is 9.58. The number of guanidine groups is 2. The second-order valence-electron chi connectivity index (χ2n) is 12.1. The van der Waals surface area contributed by atoms with E-state index < -0.39 is 35.5 Å². The fourth-order valence-corrected chi connectivity index (χ4v) is 8.02. The van der Waals surface area contributed by atoms with Crippen molar-refractivity contribution in [2.45, 2.75) is 86.4 Å². The molecule has 1 aromatic rings. The fraction of sp³-hybridized carbons (Fsp3) is 0.593. The molecule has 4 aliphatic heterocycles. The molecule has 4 atom stereocenters. The molecule has 8 N–H and O–H groups in total. The first kappa shape index (κ1) is 25.3. The van der Waals surface area contributed by atoms with Crippen LogP contribution in [0.4, 0.5) is 0 Å². The normalized spacial score (nSPS) is 33.0. The number of hydrogen-bond donors (Lipinski definition) is 8. The van der Waals surface area contributed by atoms with E-state index in [1.54, 1.807) is 6.07 Å². The maximum Gasteiger partial charge on any atom is 0.252 e. The molecule has 4 saturated heterocycles. The van der Waals surface area contributed by atoms with Crippen molar-refractivity contribution in [3.05, 3.63) is 34.9 Å². The second kappa shape index (κ2) is 8.40.